The van der Waals surface area contributed by atoms with Gasteiger partial charge in [0, 0.05) is 12.0 Å². The third-order valence-electron chi connectivity index (χ3n) is 4.11. The summed E-state index contributed by atoms with van der Waals surface area (Å²) in [5.74, 6) is 0.565. The van der Waals surface area contributed by atoms with E-state index in [9.17, 15) is 18.0 Å². The van der Waals surface area contributed by atoms with Crippen LogP contribution in [0.25, 0.3) is 0 Å². The number of amides is 1. The van der Waals surface area contributed by atoms with Crippen molar-refractivity contribution in [1.29, 1.82) is 0 Å². The standard InChI is InChI=1S/C17H23F3N2O/c1-16(2,11-22-15(23)10-21-9-12-6-7-12)13-4-3-5-14(8-13)17(18,19)20/h3-5,8,12,21H,6-7,9-11H2,1-2H3,(H,22,23). The van der Waals surface area contributed by atoms with Crippen molar-refractivity contribution in [3.05, 3.63) is 35.4 Å². The van der Waals surface area contributed by atoms with E-state index in [1.165, 1.54) is 18.9 Å². The van der Waals surface area contributed by atoms with Gasteiger partial charge in [0.05, 0.1) is 12.1 Å². The van der Waals surface area contributed by atoms with Crippen LogP contribution in [0, 0.1) is 5.92 Å². The van der Waals surface area contributed by atoms with E-state index in [1.54, 1.807) is 6.07 Å². The highest BCUT2D eigenvalue weighted by molar-refractivity contribution is 5.78. The predicted molar refractivity (Wildman–Crippen MR) is 83.1 cm³/mol. The smallest absolute Gasteiger partial charge is 0.354 e. The molecule has 1 fully saturated rings. The average Bonchev–Trinajstić information content (AvgIpc) is 3.29. The summed E-state index contributed by atoms with van der Waals surface area (Å²) in [5, 5.41) is 5.88. The molecular weight excluding hydrogens is 305 g/mol. The van der Waals surface area contributed by atoms with Gasteiger partial charge in [-0.2, -0.15) is 13.2 Å². The lowest BCUT2D eigenvalue weighted by Crippen LogP contribution is -2.41. The van der Waals surface area contributed by atoms with E-state index < -0.39 is 17.2 Å². The first-order chi connectivity index (χ1) is 10.7. The Balaban J connectivity index is 1.88. The summed E-state index contributed by atoms with van der Waals surface area (Å²) in [4.78, 5) is 11.8. The maximum absolute atomic E-state index is 12.8. The maximum atomic E-state index is 12.8. The van der Waals surface area contributed by atoms with Crippen molar-refractivity contribution in [3.63, 3.8) is 0 Å². The van der Waals surface area contributed by atoms with Crippen LogP contribution < -0.4 is 10.6 Å². The molecule has 0 unspecified atom stereocenters. The van der Waals surface area contributed by atoms with Crippen molar-refractivity contribution in [2.45, 2.75) is 38.3 Å². The molecule has 0 aliphatic heterocycles. The van der Waals surface area contributed by atoms with Crippen LogP contribution in [0.5, 0.6) is 0 Å². The number of hydrogen-bond acceptors (Lipinski definition) is 2. The molecule has 1 saturated carbocycles. The minimum Gasteiger partial charge on any atom is -0.354 e. The van der Waals surface area contributed by atoms with E-state index in [1.807, 2.05) is 13.8 Å². The quantitative estimate of drug-likeness (QED) is 0.807. The molecule has 0 saturated heterocycles. The largest absolute Gasteiger partial charge is 0.416 e. The minimum atomic E-state index is -4.36. The second-order valence-corrected chi connectivity index (χ2v) is 6.81. The summed E-state index contributed by atoms with van der Waals surface area (Å²) in [5.41, 5.74) is -0.688. The van der Waals surface area contributed by atoms with E-state index in [2.05, 4.69) is 10.6 Å². The monoisotopic (exact) mass is 328 g/mol. The van der Waals surface area contributed by atoms with Gasteiger partial charge >= 0.3 is 6.18 Å². The molecule has 1 aliphatic carbocycles. The van der Waals surface area contributed by atoms with E-state index in [4.69, 9.17) is 0 Å². The summed E-state index contributed by atoms with van der Waals surface area (Å²) >= 11 is 0. The molecule has 2 rings (SSSR count). The van der Waals surface area contributed by atoms with Crippen molar-refractivity contribution < 1.29 is 18.0 Å². The number of carbonyl (C=O) groups is 1. The molecule has 0 heterocycles. The topological polar surface area (TPSA) is 41.1 Å². The molecule has 1 aromatic rings. The first-order valence-corrected chi connectivity index (χ1v) is 7.83. The van der Waals surface area contributed by atoms with Gasteiger partial charge in [-0.25, -0.2) is 0 Å². The number of carbonyl (C=O) groups excluding carboxylic acids is 1. The van der Waals surface area contributed by atoms with Gasteiger partial charge < -0.3 is 10.6 Å². The van der Waals surface area contributed by atoms with Gasteiger partial charge in [-0.3, -0.25) is 4.79 Å². The number of rotatable bonds is 7. The summed E-state index contributed by atoms with van der Waals surface area (Å²) in [7, 11) is 0. The van der Waals surface area contributed by atoms with Crippen molar-refractivity contribution >= 4 is 5.91 Å². The molecule has 0 atom stereocenters. The van der Waals surface area contributed by atoms with Crippen LogP contribution in [0.2, 0.25) is 0 Å². The van der Waals surface area contributed by atoms with E-state index in [0.717, 1.165) is 18.7 Å². The van der Waals surface area contributed by atoms with Gasteiger partial charge in [0.1, 0.15) is 0 Å². The summed E-state index contributed by atoms with van der Waals surface area (Å²) in [6, 6.07) is 5.27. The molecule has 0 bridgehead atoms. The number of benzene rings is 1. The third-order valence-corrected chi connectivity index (χ3v) is 4.11. The fraction of sp³-hybridized carbons (Fsp3) is 0.588. The van der Waals surface area contributed by atoms with Crippen LogP contribution in [0.3, 0.4) is 0 Å². The summed E-state index contributed by atoms with van der Waals surface area (Å²) < 4.78 is 38.4. The predicted octanol–water partition coefficient (Wildman–Crippen LogP) is 3.10. The van der Waals surface area contributed by atoms with Crippen LogP contribution in [0.4, 0.5) is 13.2 Å². The highest BCUT2D eigenvalue weighted by Gasteiger charge is 2.32. The van der Waals surface area contributed by atoms with Gasteiger partial charge in [-0.05, 0) is 36.9 Å². The van der Waals surface area contributed by atoms with Gasteiger partial charge in [0.15, 0.2) is 0 Å². The molecule has 0 radical (unpaired) electrons. The van der Waals surface area contributed by atoms with Gasteiger partial charge in [-0.15, -0.1) is 0 Å². The third kappa shape index (κ3) is 5.53. The molecule has 0 aromatic heterocycles. The molecule has 128 valence electrons. The molecular formula is C17H23F3N2O. The first kappa shape index (κ1) is 17.8. The number of halogens is 3. The molecule has 3 nitrogen and oxygen atoms in total. The second kappa shape index (κ2) is 6.91. The zero-order valence-electron chi connectivity index (χ0n) is 13.5. The van der Waals surface area contributed by atoms with Crippen LogP contribution in [-0.2, 0) is 16.4 Å². The van der Waals surface area contributed by atoms with Gasteiger partial charge in [0.25, 0.3) is 0 Å². The molecule has 23 heavy (non-hydrogen) atoms. The number of alkyl halides is 3. The fourth-order valence-corrected chi connectivity index (χ4v) is 2.31. The zero-order valence-corrected chi connectivity index (χ0v) is 13.5. The lowest BCUT2D eigenvalue weighted by molar-refractivity contribution is -0.137. The van der Waals surface area contributed by atoms with E-state index >= 15 is 0 Å². The Morgan fingerprint density at radius 1 is 1.22 bits per heavy atom. The highest BCUT2D eigenvalue weighted by atomic mass is 19.4. The molecule has 1 aliphatic rings. The van der Waals surface area contributed by atoms with E-state index in [0.29, 0.717) is 11.5 Å². The van der Waals surface area contributed by atoms with E-state index in [-0.39, 0.29) is 19.0 Å². The zero-order chi connectivity index (χ0) is 17.1. The Kier molecular flexibility index (Phi) is 5.34. The Hall–Kier alpha value is -1.56. The maximum Gasteiger partial charge on any atom is 0.416 e. The summed E-state index contributed by atoms with van der Waals surface area (Å²) in [6.45, 7) is 5.03. The Labute approximate surface area is 134 Å². The van der Waals surface area contributed by atoms with Crippen LogP contribution in [-0.4, -0.2) is 25.5 Å². The second-order valence-electron chi connectivity index (χ2n) is 6.81. The van der Waals surface area contributed by atoms with Crippen molar-refractivity contribution in [2.75, 3.05) is 19.6 Å². The SMILES string of the molecule is CC(C)(CNC(=O)CNCC1CC1)c1cccc(C(F)(F)F)c1. The van der Waals surface area contributed by atoms with Crippen LogP contribution in [0.15, 0.2) is 24.3 Å². The number of hydrogen-bond donors (Lipinski definition) is 2. The molecule has 1 amide bonds. The van der Waals surface area contributed by atoms with Crippen LogP contribution >= 0.6 is 0 Å². The Morgan fingerprint density at radius 2 is 1.87 bits per heavy atom. The lowest BCUT2D eigenvalue weighted by Gasteiger charge is -2.26. The molecule has 1 aromatic carbocycles. The summed E-state index contributed by atoms with van der Waals surface area (Å²) in [6.07, 6.45) is -1.92. The molecule has 0 spiro atoms. The van der Waals surface area contributed by atoms with Crippen molar-refractivity contribution in [2.24, 2.45) is 5.92 Å². The van der Waals surface area contributed by atoms with Gasteiger partial charge in [0.2, 0.25) is 5.91 Å². The minimum absolute atomic E-state index is 0.134. The first-order valence-electron chi connectivity index (χ1n) is 7.83. The molecule has 6 heteroatoms. The molecule has 2 N–H and O–H groups in total. The highest BCUT2D eigenvalue weighted by Crippen LogP contribution is 2.32. The fourth-order valence-electron chi connectivity index (χ4n) is 2.31. The van der Waals surface area contributed by atoms with Crippen molar-refractivity contribution in [1.82, 2.24) is 10.6 Å². The van der Waals surface area contributed by atoms with Crippen LogP contribution in [0.1, 0.15) is 37.8 Å². The normalized spacial score (nSPS) is 15.5. The number of nitrogens with one attached hydrogen (secondary N) is 2. The Morgan fingerprint density at radius 3 is 2.48 bits per heavy atom. The lowest BCUT2D eigenvalue weighted by atomic mass is 9.83. The van der Waals surface area contributed by atoms with Crippen molar-refractivity contribution in [3.8, 4) is 0 Å². The van der Waals surface area contributed by atoms with Gasteiger partial charge in [-0.1, -0.05) is 32.0 Å². The Bertz CT molecular complexity index is 551. The average molecular weight is 328 g/mol.